The Hall–Kier alpha value is -3.42. The van der Waals surface area contributed by atoms with E-state index in [1.54, 1.807) is 32.8 Å². The van der Waals surface area contributed by atoms with E-state index in [4.69, 9.17) is 4.42 Å². The van der Waals surface area contributed by atoms with E-state index in [9.17, 15) is 9.59 Å². The Labute approximate surface area is 156 Å². The normalized spacial score (nSPS) is 14.4. The molecule has 0 unspecified atom stereocenters. The number of furan rings is 1. The van der Waals surface area contributed by atoms with Crippen LogP contribution < -0.4 is 0 Å². The van der Waals surface area contributed by atoms with Crippen molar-refractivity contribution >= 4 is 11.8 Å². The highest BCUT2D eigenvalue weighted by molar-refractivity contribution is 5.93. The number of hydrogen-bond donors (Lipinski definition) is 0. The van der Waals surface area contributed by atoms with Gasteiger partial charge in [-0.1, -0.05) is 22.9 Å². The first-order valence-corrected chi connectivity index (χ1v) is 8.73. The third-order valence-electron chi connectivity index (χ3n) is 4.60. The standard InChI is InChI=1S/C19H19N5O3/c1-14-4-6-15(7-5-14)24-13-16(20-21-24)18(25)22-8-10-23(11-9-22)19(26)17-3-2-12-27-17/h2-7,12-13H,8-11H2,1H3. The van der Waals surface area contributed by atoms with E-state index in [-0.39, 0.29) is 11.8 Å². The van der Waals surface area contributed by atoms with Gasteiger partial charge >= 0.3 is 0 Å². The monoisotopic (exact) mass is 365 g/mol. The number of hydrogen-bond acceptors (Lipinski definition) is 5. The Bertz CT molecular complexity index is 938. The van der Waals surface area contributed by atoms with E-state index >= 15 is 0 Å². The van der Waals surface area contributed by atoms with Crippen molar-refractivity contribution in [3.8, 4) is 5.69 Å². The molecule has 1 aliphatic rings. The molecule has 1 aromatic carbocycles. The van der Waals surface area contributed by atoms with Gasteiger partial charge in [-0.05, 0) is 31.2 Å². The fourth-order valence-corrected chi connectivity index (χ4v) is 3.02. The third-order valence-corrected chi connectivity index (χ3v) is 4.60. The molecule has 4 rings (SSSR count). The molecule has 8 nitrogen and oxygen atoms in total. The average molecular weight is 365 g/mol. The van der Waals surface area contributed by atoms with Crippen LogP contribution in [-0.2, 0) is 0 Å². The molecule has 8 heteroatoms. The maximum Gasteiger partial charge on any atom is 0.289 e. The fourth-order valence-electron chi connectivity index (χ4n) is 3.02. The van der Waals surface area contributed by atoms with Gasteiger partial charge in [0.05, 0.1) is 18.1 Å². The van der Waals surface area contributed by atoms with E-state index in [1.165, 1.54) is 6.26 Å². The van der Waals surface area contributed by atoms with Gasteiger partial charge in [-0.15, -0.1) is 5.10 Å². The Morgan fingerprint density at radius 2 is 1.63 bits per heavy atom. The smallest absolute Gasteiger partial charge is 0.289 e. The first-order chi connectivity index (χ1) is 13.1. The summed E-state index contributed by atoms with van der Waals surface area (Å²) in [5, 5.41) is 8.06. The lowest BCUT2D eigenvalue weighted by Crippen LogP contribution is -2.50. The lowest BCUT2D eigenvalue weighted by molar-refractivity contribution is 0.0515. The highest BCUT2D eigenvalue weighted by atomic mass is 16.3. The van der Waals surface area contributed by atoms with Crippen molar-refractivity contribution in [3.05, 3.63) is 65.9 Å². The number of aryl methyl sites for hydroxylation is 1. The van der Waals surface area contributed by atoms with Crippen LogP contribution in [0, 0.1) is 6.92 Å². The Balaban J connectivity index is 1.40. The molecule has 0 aliphatic carbocycles. The summed E-state index contributed by atoms with van der Waals surface area (Å²) in [5.74, 6) is -0.0216. The lowest BCUT2D eigenvalue weighted by atomic mass is 10.2. The van der Waals surface area contributed by atoms with Crippen LogP contribution in [0.1, 0.15) is 26.6 Å². The zero-order valence-corrected chi connectivity index (χ0v) is 14.9. The summed E-state index contributed by atoms with van der Waals surface area (Å²) >= 11 is 0. The van der Waals surface area contributed by atoms with Crippen molar-refractivity contribution in [1.82, 2.24) is 24.8 Å². The number of aromatic nitrogens is 3. The second-order valence-electron chi connectivity index (χ2n) is 6.45. The van der Waals surface area contributed by atoms with Gasteiger partial charge in [0.25, 0.3) is 11.8 Å². The van der Waals surface area contributed by atoms with Crippen LogP contribution >= 0.6 is 0 Å². The summed E-state index contributed by atoms with van der Waals surface area (Å²) in [4.78, 5) is 28.4. The first kappa shape index (κ1) is 17.0. The number of nitrogens with zero attached hydrogens (tertiary/aromatic N) is 5. The van der Waals surface area contributed by atoms with Gasteiger partial charge in [0, 0.05) is 26.2 Å². The molecular weight excluding hydrogens is 346 g/mol. The molecule has 0 atom stereocenters. The summed E-state index contributed by atoms with van der Waals surface area (Å²) in [6, 6.07) is 11.1. The highest BCUT2D eigenvalue weighted by Gasteiger charge is 2.27. The molecule has 0 N–H and O–H groups in total. The van der Waals surface area contributed by atoms with E-state index in [0.717, 1.165) is 11.3 Å². The summed E-state index contributed by atoms with van der Waals surface area (Å²) in [7, 11) is 0. The minimum atomic E-state index is -0.182. The maximum absolute atomic E-state index is 12.7. The lowest BCUT2D eigenvalue weighted by Gasteiger charge is -2.33. The average Bonchev–Trinajstić information content (AvgIpc) is 3.40. The molecule has 2 aromatic heterocycles. The van der Waals surface area contributed by atoms with Crippen LogP contribution in [0.2, 0.25) is 0 Å². The quantitative estimate of drug-likeness (QED) is 0.706. The number of carbonyl (C=O) groups excluding carboxylic acids is 2. The number of benzene rings is 1. The van der Waals surface area contributed by atoms with Crippen LogP contribution in [0.3, 0.4) is 0 Å². The van der Waals surface area contributed by atoms with Crippen molar-refractivity contribution in [2.24, 2.45) is 0 Å². The molecule has 1 fully saturated rings. The summed E-state index contributed by atoms with van der Waals surface area (Å²) in [6.45, 7) is 3.82. The molecular formula is C19H19N5O3. The molecule has 0 spiro atoms. The van der Waals surface area contributed by atoms with Gasteiger partial charge in [-0.2, -0.15) is 0 Å². The van der Waals surface area contributed by atoms with Gasteiger partial charge in [0.15, 0.2) is 11.5 Å². The van der Waals surface area contributed by atoms with Crippen molar-refractivity contribution in [2.45, 2.75) is 6.92 Å². The first-order valence-electron chi connectivity index (χ1n) is 8.73. The minimum absolute atomic E-state index is 0.155. The van der Waals surface area contributed by atoms with E-state index in [2.05, 4.69) is 10.3 Å². The van der Waals surface area contributed by atoms with Crippen LogP contribution in [0.15, 0.2) is 53.3 Å². The molecule has 0 radical (unpaired) electrons. The molecule has 138 valence electrons. The van der Waals surface area contributed by atoms with Crippen LogP contribution in [0.4, 0.5) is 0 Å². The largest absolute Gasteiger partial charge is 0.459 e. The van der Waals surface area contributed by atoms with Gasteiger partial charge in [0.1, 0.15) is 0 Å². The number of amides is 2. The van der Waals surface area contributed by atoms with E-state index in [1.807, 2.05) is 31.2 Å². The molecule has 3 heterocycles. The molecule has 0 bridgehead atoms. The molecule has 0 saturated carbocycles. The zero-order valence-electron chi connectivity index (χ0n) is 14.9. The number of carbonyl (C=O) groups is 2. The fraction of sp³-hybridized carbons (Fsp3) is 0.263. The summed E-state index contributed by atoms with van der Waals surface area (Å²) in [5.41, 5.74) is 2.29. The second-order valence-corrected chi connectivity index (χ2v) is 6.45. The van der Waals surface area contributed by atoms with Crippen LogP contribution in [0.25, 0.3) is 5.69 Å². The third kappa shape index (κ3) is 3.46. The van der Waals surface area contributed by atoms with Gasteiger partial charge in [0.2, 0.25) is 0 Å². The predicted molar refractivity (Wildman–Crippen MR) is 96.6 cm³/mol. The van der Waals surface area contributed by atoms with Crippen molar-refractivity contribution in [2.75, 3.05) is 26.2 Å². The van der Waals surface area contributed by atoms with Gasteiger partial charge in [-0.25, -0.2) is 4.68 Å². The Morgan fingerprint density at radius 3 is 2.26 bits per heavy atom. The maximum atomic E-state index is 12.7. The van der Waals surface area contributed by atoms with Gasteiger partial charge in [-0.3, -0.25) is 9.59 Å². The Morgan fingerprint density at radius 1 is 0.963 bits per heavy atom. The number of rotatable bonds is 3. The Kier molecular flexibility index (Phi) is 4.45. The highest BCUT2D eigenvalue weighted by Crippen LogP contribution is 2.13. The molecule has 1 saturated heterocycles. The molecule has 2 amide bonds. The van der Waals surface area contributed by atoms with Crippen LogP contribution in [0.5, 0.6) is 0 Å². The topological polar surface area (TPSA) is 84.5 Å². The van der Waals surface area contributed by atoms with E-state index < -0.39 is 0 Å². The van der Waals surface area contributed by atoms with E-state index in [0.29, 0.717) is 37.6 Å². The number of piperazine rings is 1. The summed E-state index contributed by atoms with van der Waals surface area (Å²) < 4.78 is 6.74. The van der Waals surface area contributed by atoms with Crippen molar-refractivity contribution < 1.29 is 14.0 Å². The second kappa shape index (κ2) is 7.06. The SMILES string of the molecule is Cc1ccc(-n2cc(C(=O)N3CCN(C(=O)c4ccco4)CC3)nn2)cc1. The van der Waals surface area contributed by atoms with Crippen molar-refractivity contribution in [1.29, 1.82) is 0 Å². The van der Waals surface area contributed by atoms with Crippen molar-refractivity contribution in [3.63, 3.8) is 0 Å². The van der Waals surface area contributed by atoms with Gasteiger partial charge < -0.3 is 14.2 Å². The van der Waals surface area contributed by atoms with Crippen LogP contribution in [-0.4, -0.2) is 62.8 Å². The zero-order chi connectivity index (χ0) is 18.8. The minimum Gasteiger partial charge on any atom is -0.459 e. The predicted octanol–water partition coefficient (Wildman–Crippen LogP) is 1.77. The molecule has 1 aliphatic heterocycles. The molecule has 3 aromatic rings. The molecule has 27 heavy (non-hydrogen) atoms. The summed E-state index contributed by atoms with van der Waals surface area (Å²) in [6.07, 6.45) is 3.11.